The van der Waals surface area contributed by atoms with Gasteiger partial charge in [0.25, 0.3) is 5.91 Å². The smallest absolute Gasteiger partial charge is 0.255 e. The summed E-state index contributed by atoms with van der Waals surface area (Å²) < 4.78 is 11.6. The number of aromatic nitrogens is 1. The Labute approximate surface area is 174 Å². The number of carbonyl (C=O) groups is 1. The lowest BCUT2D eigenvalue weighted by molar-refractivity contribution is -0.169. The number of anilines is 1. The molecule has 3 aliphatic heterocycles. The van der Waals surface area contributed by atoms with Gasteiger partial charge >= 0.3 is 0 Å². The van der Waals surface area contributed by atoms with Gasteiger partial charge in [-0.1, -0.05) is 6.92 Å². The van der Waals surface area contributed by atoms with Crippen LogP contribution in [0.25, 0.3) is 0 Å². The molecule has 0 saturated carbocycles. The standard InChI is InChI=1S/C22H34N4O3/c1-4-19-16-25(11-12-26(19)17(2)3)21(27)18-5-6-20(23-15-18)24-9-7-22(8-10-24)28-13-14-29-22/h5-6,15,17,19H,4,7-14,16H2,1-3H3/t19-/m0/s1. The van der Waals surface area contributed by atoms with Crippen LogP contribution >= 0.6 is 0 Å². The zero-order chi connectivity index (χ0) is 20.4. The van der Waals surface area contributed by atoms with Crippen molar-refractivity contribution in [1.82, 2.24) is 14.8 Å². The lowest BCUT2D eigenvalue weighted by Crippen LogP contribution is -2.56. The molecule has 0 N–H and O–H groups in total. The largest absolute Gasteiger partial charge is 0.356 e. The van der Waals surface area contributed by atoms with Crippen LogP contribution in [-0.2, 0) is 9.47 Å². The molecule has 1 aromatic rings. The first-order valence-corrected chi connectivity index (χ1v) is 11.1. The van der Waals surface area contributed by atoms with Crippen LogP contribution in [0.5, 0.6) is 0 Å². The fourth-order valence-corrected chi connectivity index (χ4v) is 4.84. The van der Waals surface area contributed by atoms with Crippen molar-refractivity contribution in [2.24, 2.45) is 0 Å². The lowest BCUT2D eigenvalue weighted by atomic mass is 10.0. The van der Waals surface area contributed by atoms with Gasteiger partial charge < -0.3 is 19.3 Å². The molecule has 0 aromatic carbocycles. The number of pyridine rings is 1. The minimum Gasteiger partial charge on any atom is -0.356 e. The van der Waals surface area contributed by atoms with Crippen molar-refractivity contribution in [2.45, 2.75) is 57.9 Å². The average Bonchev–Trinajstić information content (AvgIpc) is 3.21. The van der Waals surface area contributed by atoms with E-state index in [1.807, 2.05) is 17.0 Å². The summed E-state index contributed by atoms with van der Waals surface area (Å²) in [6.45, 7) is 12.3. The summed E-state index contributed by atoms with van der Waals surface area (Å²) in [5.74, 6) is 0.641. The topological polar surface area (TPSA) is 58.1 Å². The second-order valence-electron chi connectivity index (χ2n) is 8.64. The number of carbonyl (C=O) groups excluding carboxylic acids is 1. The predicted molar refractivity (Wildman–Crippen MR) is 112 cm³/mol. The molecule has 3 aliphatic rings. The van der Waals surface area contributed by atoms with Gasteiger partial charge in [-0.05, 0) is 32.4 Å². The van der Waals surface area contributed by atoms with E-state index in [9.17, 15) is 4.79 Å². The third kappa shape index (κ3) is 4.27. The van der Waals surface area contributed by atoms with Crippen molar-refractivity contribution >= 4 is 11.7 Å². The highest BCUT2D eigenvalue weighted by Gasteiger charge is 2.40. The van der Waals surface area contributed by atoms with Gasteiger partial charge in [-0.2, -0.15) is 0 Å². The van der Waals surface area contributed by atoms with Crippen LogP contribution in [0.15, 0.2) is 18.3 Å². The van der Waals surface area contributed by atoms with Gasteiger partial charge in [0.15, 0.2) is 5.79 Å². The summed E-state index contributed by atoms with van der Waals surface area (Å²) in [6.07, 6.45) is 4.51. The molecular formula is C22H34N4O3. The van der Waals surface area contributed by atoms with Crippen LogP contribution in [0.3, 0.4) is 0 Å². The highest BCUT2D eigenvalue weighted by molar-refractivity contribution is 5.94. The Balaban J connectivity index is 1.36. The molecule has 0 bridgehead atoms. The molecule has 1 spiro atoms. The van der Waals surface area contributed by atoms with Crippen molar-refractivity contribution in [1.29, 1.82) is 0 Å². The minimum atomic E-state index is -0.375. The summed E-state index contributed by atoms with van der Waals surface area (Å²) in [5, 5.41) is 0. The molecule has 1 amide bonds. The highest BCUT2D eigenvalue weighted by Crippen LogP contribution is 2.32. The van der Waals surface area contributed by atoms with E-state index in [1.54, 1.807) is 6.20 Å². The third-order valence-electron chi connectivity index (χ3n) is 6.61. The molecule has 0 aliphatic carbocycles. The average molecular weight is 403 g/mol. The van der Waals surface area contributed by atoms with Gasteiger partial charge in [0.2, 0.25) is 0 Å². The Kier molecular flexibility index (Phi) is 6.08. The molecule has 4 heterocycles. The number of ether oxygens (including phenoxy) is 2. The van der Waals surface area contributed by atoms with Gasteiger partial charge in [-0.3, -0.25) is 9.69 Å². The first kappa shape index (κ1) is 20.6. The second-order valence-corrected chi connectivity index (χ2v) is 8.64. The number of amides is 1. The van der Waals surface area contributed by atoms with Crippen LogP contribution < -0.4 is 4.90 Å². The van der Waals surface area contributed by atoms with E-state index in [0.29, 0.717) is 30.9 Å². The van der Waals surface area contributed by atoms with Gasteiger partial charge in [-0.25, -0.2) is 4.98 Å². The van der Waals surface area contributed by atoms with Crippen LogP contribution in [0.1, 0.15) is 50.4 Å². The Morgan fingerprint density at radius 2 is 1.90 bits per heavy atom. The van der Waals surface area contributed by atoms with E-state index in [-0.39, 0.29) is 11.7 Å². The van der Waals surface area contributed by atoms with E-state index in [1.165, 1.54) is 0 Å². The predicted octanol–water partition coefficient (Wildman–Crippen LogP) is 2.37. The van der Waals surface area contributed by atoms with E-state index < -0.39 is 0 Å². The summed E-state index contributed by atoms with van der Waals surface area (Å²) >= 11 is 0. The zero-order valence-electron chi connectivity index (χ0n) is 18.0. The van der Waals surface area contributed by atoms with Crippen LogP contribution in [0, 0.1) is 0 Å². The molecular weight excluding hydrogens is 368 g/mol. The molecule has 160 valence electrons. The molecule has 1 aromatic heterocycles. The zero-order valence-corrected chi connectivity index (χ0v) is 18.0. The number of piperidine rings is 1. The monoisotopic (exact) mass is 402 g/mol. The highest BCUT2D eigenvalue weighted by atomic mass is 16.7. The maximum absolute atomic E-state index is 13.0. The minimum absolute atomic E-state index is 0.0938. The Bertz CT molecular complexity index is 693. The first-order chi connectivity index (χ1) is 14.0. The Morgan fingerprint density at radius 1 is 1.17 bits per heavy atom. The van der Waals surface area contributed by atoms with Crippen LogP contribution in [0.2, 0.25) is 0 Å². The van der Waals surface area contributed by atoms with Crippen molar-refractivity contribution in [2.75, 3.05) is 50.8 Å². The molecule has 0 radical (unpaired) electrons. The Hall–Kier alpha value is -1.70. The van der Waals surface area contributed by atoms with Crippen molar-refractivity contribution in [3.8, 4) is 0 Å². The lowest BCUT2D eigenvalue weighted by Gasteiger charge is -2.43. The van der Waals surface area contributed by atoms with E-state index in [2.05, 4.69) is 35.6 Å². The molecule has 7 nitrogen and oxygen atoms in total. The quantitative estimate of drug-likeness (QED) is 0.771. The summed E-state index contributed by atoms with van der Waals surface area (Å²) in [4.78, 5) is 24.4. The maximum atomic E-state index is 13.0. The fourth-order valence-electron chi connectivity index (χ4n) is 4.84. The number of hydrogen-bond acceptors (Lipinski definition) is 6. The number of rotatable bonds is 4. The SMILES string of the molecule is CC[C@H]1CN(C(=O)c2ccc(N3CCC4(CC3)OCCO4)nc2)CCN1C(C)C. The summed E-state index contributed by atoms with van der Waals surface area (Å²) in [5.41, 5.74) is 0.678. The third-order valence-corrected chi connectivity index (χ3v) is 6.61. The van der Waals surface area contributed by atoms with Crippen LogP contribution in [0.4, 0.5) is 5.82 Å². The van der Waals surface area contributed by atoms with Crippen molar-refractivity contribution < 1.29 is 14.3 Å². The molecule has 4 rings (SSSR count). The second kappa shape index (κ2) is 8.58. The first-order valence-electron chi connectivity index (χ1n) is 11.1. The Morgan fingerprint density at radius 3 is 2.48 bits per heavy atom. The fraction of sp³-hybridized carbons (Fsp3) is 0.727. The summed E-state index contributed by atoms with van der Waals surface area (Å²) in [7, 11) is 0. The van der Waals surface area contributed by atoms with Crippen molar-refractivity contribution in [3.63, 3.8) is 0 Å². The van der Waals surface area contributed by atoms with Gasteiger partial charge in [0.1, 0.15) is 5.82 Å². The van der Waals surface area contributed by atoms with E-state index in [0.717, 1.165) is 57.8 Å². The maximum Gasteiger partial charge on any atom is 0.255 e. The number of nitrogens with zero attached hydrogens (tertiary/aromatic N) is 4. The van der Waals surface area contributed by atoms with Crippen LogP contribution in [-0.4, -0.2) is 84.5 Å². The van der Waals surface area contributed by atoms with Gasteiger partial charge in [0.05, 0.1) is 18.8 Å². The molecule has 29 heavy (non-hydrogen) atoms. The molecule has 3 saturated heterocycles. The van der Waals surface area contributed by atoms with E-state index >= 15 is 0 Å². The van der Waals surface area contributed by atoms with Gasteiger partial charge in [0, 0.05) is 63.8 Å². The molecule has 1 atom stereocenters. The summed E-state index contributed by atoms with van der Waals surface area (Å²) in [6, 6.07) is 4.85. The van der Waals surface area contributed by atoms with Crippen molar-refractivity contribution in [3.05, 3.63) is 23.9 Å². The molecule has 0 unspecified atom stereocenters. The molecule has 3 fully saturated rings. The number of piperazine rings is 1. The number of hydrogen-bond donors (Lipinski definition) is 0. The molecule has 7 heteroatoms. The van der Waals surface area contributed by atoms with Gasteiger partial charge in [-0.15, -0.1) is 0 Å². The van der Waals surface area contributed by atoms with E-state index in [4.69, 9.17) is 9.47 Å². The normalized spacial score (nSPS) is 25.2.